The summed E-state index contributed by atoms with van der Waals surface area (Å²) in [7, 11) is 3.77. The van der Waals surface area contributed by atoms with Crippen LogP contribution in [-0.4, -0.2) is 46.0 Å². The molecule has 0 unspecified atom stereocenters. The van der Waals surface area contributed by atoms with Gasteiger partial charge in [0.2, 0.25) is 5.56 Å². The third-order valence-corrected chi connectivity index (χ3v) is 4.68. The normalized spacial score (nSPS) is 11.1. The second kappa shape index (κ2) is 12.2. The van der Waals surface area contributed by atoms with E-state index < -0.39 is 0 Å². The molecule has 0 atom stereocenters. The minimum atomic E-state index is 0. The summed E-state index contributed by atoms with van der Waals surface area (Å²) >= 11 is 0. The molecule has 0 aliphatic rings. The molecule has 3 rings (SSSR count). The number of aryl methyl sites for hydroxylation is 1. The Labute approximate surface area is 194 Å². The lowest BCUT2D eigenvalue weighted by molar-refractivity contribution is 0.461. The molecule has 0 aliphatic heterocycles. The van der Waals surface area contributed by atoms with E-state index >= 15 is 0 Å². The highest BCUT2D eigenvalue weighted by Gasteiger charge is 2.09. The van der Waals surface area contributed by atoms with Gasteiger partial charge in [0, 0.05) is 39.4 Å². The smallest absolute Gasteiger partial charge is 0.250 e. The SMILES string of the molecule is CN=C(NCCCCn1ccccc1=O)N(C)Cc1ncc(-c2ccccc2)[nH]1.I. The summed E-state index contributed by atoms with van der Waals surface area (Å²) in [4.78, 5) is 26.0. The van der Waals surface area contributed by atoms with Crippen LogP contribution in [0.25, 0.3) is 11.3 Å². The molecule has 0 saturated heterocycles. The van der Waals surface area contributed by atoms with E-state index in [2.05, 4.69) is 32.4 Å². The van der Waals surface area contributed by atoms with Gasteiger partial charge in [-0.2, -0.15) is 0 Å². The van der Waals surface area contributed by atoms with E-state index in [0.29, 0.717) is 6.54 Å². The van der Waals surface area contributed by atoms with Gasteiger partial charge in [-0.1, -0.05) is 36.4 Å². The maximum atomic E-state index is 11.7. The Kier molecular flexibility index (Phi) is 9.59. The van der Waals surface area contributed by atoms with Crippen LogP contribution in [0.2, 0.25) is 0 Å². The highest BCUT2D eigenvalue weighted by atomic mass is 127. The van der Waals surface area contributed by atoms with Crippen LogP contribution in [0.5, 0.6) is 0 Å². The summed E-state index contributed by atoms with van der Waals surface area (Å²) in [6.45, 7) is 2.16. The Morgan fingerprint density at radius 3 is 2.67 bits per heavy atom. The molecule has 0 amide bonds. The van der Waals surface area contributed by atoms with Crippen LogP contribution >= 0.6 is 24.0 Å². The zero-order valence-corrected chi connectivity index (χ0v) is 19.7. The number of benzene rings is 1. The molecule has 3 aromatic rings. The predicted octanol–water partition coefficient (Wildman–Crippen LogP) is 3.34. The first-order valence-corrected chi connectivity index (χ1v) is 9.84. The molecular weight excluding hydrogens is 491 g/mol. The van der Waals surface area contributed by atoms with E-state index in [9.17, 15) is 4.79 Å². The van der Waals surface area contributed by atoms with Crippen LogP contribution in [-0.2, 0) is 13.1 Å². The van der Waals surface area contributed by atoms with Crippen molar-refractivity contribution in [1.82, 2.24) is 24.8 Å². The lowest BCUT2D eigenvalue weighted by Gasteiger charge is -2.21. The fraction of sp³-hybridized carbons (Fsp3) is 0.318. The van der Waals surface area contributed by atoms with Crippen molar-refractivity contribution in [1.29, 1.82) is 0 Å². The van der Waals surface area contributed by atoms with E-state index in [1.807, 2.05) is 48.6 Å². The average Bonchev–Trinajstić information content (AvgIpc) is 3.21. The van der Waals surface area contributed by atoms with Gasteiger partial charge in [-0.3, -0.25) is 9.79 Å². The number of halogens is 1. The minimum absolute atomic E-state index is 0. The minimum Gasteiger partial charge on any atom is -0.356 e. The number of aromatic amines is 1. The van der Waals surface area contributed by atoms with Gasteiger partial charge >= 0.3 is 0 Å². The maximum absolute atomic E-state index is 11.7. The zero-order valence-electron chi connectivity index (χ0n) is 17.4. The zero-order chi connectivity index (χ0) is 20.5. The molecule has 1 aromatic carbocycles. The molecule has 30 heavy (non-hydrogen) atoms. The molecule has 0 saturated carbocycles. The lowest BCUT2D eigenvalue weighted by Crippen LogP contribution is -2.39. The summed E-state index contributed by atoms with van der Waals surface area (Å²) in [5, 5.41) is 3.38. The Balaban J connectivity index is 0.00000320. The topological polar surface area (TPSA) is 78.3 Å². The number of rotatable bonds is 8. The van der Waals surface area contributed by atoms with Crippen molar-refractivity contribution >= 4 is 29.9 Å². The van der Waals surface area contributed by atoms with E-state index in [0.717, 1.165) is 49.0 Å². The van der Waals surface area contributed by atoms with Gasteiger partial charge in [0.25, 0.3) is 0 Å². The first-order valence-electron chi connectivity index (χ1n) is 9.84. The molecule has 0 radical (unpaired) electrons. The summed E-state index contributed by atoms with van der Waals surface area (Å²) in [5.41, 5.74) is 2.17. The standard InChI is InChI=1S/C22H28N6O.HI/c1-23-22(24-13-7-9-15-28-14-8-6-12-21(28)29)27(2)17-20-25-16-19(26-20)18-10-4-3-5-11-18;/h3-6,8,10-12,14,16H,7,9,13,15,17H2,1-2H3,(H,23,24)(H,25,26);1H. The number of nitrogens with zero attached hydrogens (tertiary/aromatic N) is 4. The van der Waals surface area contributed by atoms with Crippen molar-refractivity contribution < 1.29 is 0 Å². The van der Waals surface area contributed by atoms with Crippen molar-refractivity contribution in [2.45, 2.75) is 25.9 Å². The fourth-order valence-corrected chi connectivity index (χ4v) is 3.14. The van der Waals surface area contributed by atoms with Gasteiger partial charge in [-0.25, -0.2) is 4.98 Å². The van der Waals surface area contributed by atoms with E-state index in [-0.39, 0.29) is 29.5 Å². The average molecular weight is 520 g/mol. The number of hydrogen-bond acceptors (Lipinski definition) is 3. The van der Waals surface area contributed by atoms with E-state index in [1.165, 1.54) is 0 Å². The van der Waals surface area contributed by atoms with Gasteiger partial charge in [0.1, 0.15) is 5.82 Å². The van der Waals surface area contributed by atoms with Crippen molar-refractivity contribution in [3.8, 4) is 11.3 Å². The molecule has 160 valence electrons. The highest BCUT2D eigenvalue weighted by Crippen LogP contribution is 2.16. The number of imidazole rings is 1. The van der Waals surface area contributed by atoms with Crippen molar-refractivity contribution in [2.24, 2.45) is 4.99 Å². The van der Waals surface area contributed by atoms with Crippen LogP contribution in [0.15, 0.2) is 70.7 Å². The first kappa shape index (κ1) is 23.7. The third-order valence-electron chi connectivity index (χ3n) is 4.68. The number of nitrogens with one attached hydrogen (secondary N) is 2. The molecule has 0 fully saturated rings. The maximum Gasteiger partial charge on any atom is 0.250 e. The summed E-state index contributed by atoms with van der Waals surface area (Å²) in [6.07, 6.45) is 5.57. The van der Waals surface area contributed by atoms with Crippen LogP contribution in [0.3, 0.4) is 0 Å². The molecule has 0 aliphatic carbocycles. The van der Waals surface area contributed by atoms with Gasteiger partial charge < -0.3 is 19.8 Å². The third kappa shape index (κ3) is 6.72. The number of guanidine groups is 1. The number of aliphatic imine (C=N–C) groups is 1. The Morgan fingerprint density at radius 2 is 1.93 bits per heavy atom. The summed E-state index contributed by atoms with van der Waals surface area (Å²) in [5.74, 6) is 1.71. The molecule has 2 aromatic heterocycles. The monoisotopic (exact) mass is 520 g/mol. The Morgan fingerprint density at radius 1 is 1.17 bits per heavy atom. The Hall–Kier alpha value is -2.62. The fourth-order valence-electron chi connectivity index (χ4n) is 3.14. The molecular formula is C22H29IN6O. The summed E-state index contributed by atoms with van der Waals surface area (Å²) in [6, 6.07) is 15.4. The van der Waals surface area contributed by atoms with Gasteiger partial charge in [-0.15, -0.1) is 24.0 Å². The summed E-state index contributed by atoms with van der Waals surface area (Å²) < 4.78 is 1.74. The molecule has 0 spiro atoms. The van der Waals surface area contributed by atoms with Crippen LogP contribution in [0, 0.1) is 0 Å². The molecule has 0 bridgehead atoms. The molecule has 8 heteroatoms. The second-order valence-corrected chi connectivity index (χ2v) is 6.88. The number of pyridine rings is 1. The lowest BCUT2D eigenvalue weighted by atomic mass is 10.2. The van der Waals surface area contributed by atoms with E-state index in [1.54, 1.807) is 23.7 Å². The number of H-pyrrole nitrogens is 1. The van der Waals surface area contributed by atoms with Crippen molar-refractivity contribution in [3.63, 3.8) is 0 Å². The van der Waals surface area contributed by atoms with Crippen molar-refractivity contribution in [2.75, 3.05) is 20.6 Å². The van der Waals surface area contributed by atoms with Crippen LogP contribution in [0.4, 0.5) is 0 Å². The first-order chi connectivity index (χ1) is 14.2. The van der Waals surface area contributed by atoms with Gasteiger partial charge in [-0.05, 0) is 24.5 Å². The van der Waals surface area contributed by atoms with Crippen molar-refractivity contribution in [3.05, 3.63) is 77.1 Å². The number of aromatic nitrogens is 3. The molecule has 2 heterocycles. The second-order valence-electron chi connectivity index (χ2n) is 6.88. The molecule has 7 nitrogen and oxygen atoms in total. The van der Waals surface area contributed by atoms with Crippen LogP contribution in [0.1, 0.15) is 18.7 Å². The van der Waals surface area contributed by atoms with Gasteiger partial charge in [0.05, 0.1) is 18.4 Å². The predicted molar refractivity (Wildman–Crippen MR) is 132 cm³/mol. The Bertz CT molecular complexity index is 982. The quantitative estimate of drug-likeness (QED) is 0.207. The van der Waals surface area contributed by atoms with Gasteiger partial charge in [0.15, 0.2) is 5.96 Å². The number of unbranched alkanes of at least 4 members (excludes halogenated alkanes) is 1. The largest absolute Gasteiger partial charge is 0.356 e. The van der Waals surface area contributed by atoms with Crippen LogP contribution < -0.4 is 10.9 Å². The molecule has 2 N–H and O–H groups in total. The van der Waals surface area contributed by atoms with E-state index in [4.69, 9.17) is 0 Å². The highest BCUT2D eigenvalue weighted by molar-refractivity contribution is 14.0. The number of hydrogen-bond donors (Lipinski definition) is 2.